The molecule has 0 bridgehead atoms. The number of para-hydroxylation sites is 1. The molecule has 0 saturated heterocycles. The van der Waals surface area contributed by atoms with Gasteiger partial charge in [0.15, 0.2) is 0 Å². The Labute approximate surface area is 97.1 Å². The van der Waals surface area contributed by atoms with Crippen LogP contribution >= 0.6 is 0 Å². The van der Waals surface area contributed by atoms with E-state index < -0.39 is 0 Å². The summed E-state index contributed by atoms with van der Waals surface area (Å²) in [5.74, 6) is 0. The van der Waals surface area contributed by atoms with E-state index >= 15 is 0 Å². The Morgan fingerprint density at radius 3 is 2.88 bits per heavy atom. The van der Waals surface area contributed by atoms with Gasteiger partial charge in [-0.1, -0.05) is 38.1 Å². The van der Waals surface area contributed by atoms with E-state index in [0.29, 0.717) is 6.04 Å². The van der Waals surface area contributed by atoms with E-state index in [1.807, 2.05) is 0 Å². The molecule has 16 heavy (non-hydrogen) atoms. The highest BCUT2D eigenvalue weighted by atomic mass is 15.5. The maximum Gasteiger partial charge on any atom is 0.0615 e. The molecule has 3 nitrogen and oxygen atoms in total. The second-order valence-corrected chi connectivity index (χ2v) is 4.28. The van der Waals surface area contributed by atoms with E-state index in [4.69, 9.17) is 0 Å². The zero-order valence-electron chi connectivity index (χ0n) is 9.90. The van der Waals surface area contributed by atoms with Crippen molar-refractivity contribution in [3.05, 3.63) is 42.1 Å². The van der Waals surface area contributed by atoms with Crippen LogP contribution in [0.4, 0.5) is 5.69 Å². The van der Waals surface area contributed by atoms with Gasteiger partial charge in [0.25, 0.3) is 0 Å². The summed E-state index contributed by atoms with van der Waals surface area (Å²) in [5.41, 5.74) is 5.84. The maximum absolute atomic E-state index is 3.45. The molecule has 0 radical (unpaired) electrons. The largest absolute Gasteiger partial charge is 0.310 e. The third-order valence-electron chi connectivity index (χ3n) is 2.59. The van der Waals surface area contributed by atoms with Crippen molar-refractivity contribution in [3.63, 3.8) is 0 Å². The van der Waals surface area contributed by atoms with Crippen molar-refractivity contribution in [1.29, 1.82) is 0 Å². The van der Waals surface area contributed by atoms with Crippen LogP contribution in [0.25, 0.3) is 0 Å². The molecule has 0 saturated carbocycles. The zero-order chi connectivity index (χ0) is 11.4. The number of benzene rings is 1. The Bertz CT molecular complexity index is 371. The SMILES string of the molecule is CC(C)NCc1ccccc1N1C=CCN1. The van der Waals surface area contributed by atoms with Gasteiger partial charge < -0.3 is 5.32 Å². The average molecular weight is 217 g/mol. The van der Waals surface area contributed by atoms with E-state index in [2.05, 4.69) is 66.1 Å². The standard InChI is InChI=1S/C13H19N3/c1-11(2)14-10-12-6-3-4-7-13(12)16-9-5-8-15-16/h3-7,9,11,14-15H,8,10H2,1-2H3. The first-order chi connectivity index (χ1) is 7.77. The molecule has 0 unspecified atom stereocenters. The highest BCUT2D eigenvalue weighted by Crippen LogP contribution is 2.20. The summed E-state index contributed by atoms with van der Waals surface area (Å²) in [6, 6.07) is 8.97. The first-order valence-corrected chi connectivity index (χ1v) is 5.78. The van der Waals surface area contributed by atoms with Crippen LogP contribution in [0.15, 0.2) is 36.5 Å². The molecule has 3 heteroatoms. The van der Waals surface area contributed by atoms with Crippen LogP contribution in [0.1, 0.15) is 19.4 Å². The van der Waals surface area contributed by atoms with Gasteiger partial charge in [0.1, 0.15) is 0 Å². The van der Waals surface area contributed by atoms with Crippen LogP contribution < -0.4 is 15.8 Å². The Kier molecular flexibility index (Phi) is 3.59. The molecule has 1 aliphatic heterocycles. The van der Waals surface area contributed by atoms with Gasteiger partial charge in [-0.2, -0.15) is 0 Å². The normalized spacial score (nSPS) is 15.1. The monoisotopic (exact) mass is 217 g/mol. The van der Waals surface area contributed by atoms with Crippen LogP contribution in [0.5, 0.6) is 0 Å². The first-order valence-electron chi connectivity index (χ1n) is 5.78. The minimum absolute atomic E-state index is 0.509. The van der Waals surface area contributed by atoms with E-state index in [0.717, 1.165) is 13.1 Å². The van der Waals surface area contributed by atoms with Crippen LogP contribution in [0, 0.1) is 0 Å². The number of hydrazine groups is 1. The minimum Gasteiger partial charge on any atom is -0.310 e. The van der Waals surface area contributed by atoms with Crippen LogP contribution in [0.2, 0.25) is 0 Å². The molecule has 86 valence electrons. The minimum atomic E-state index is 0.509. The fourth-order valence-electron chi connectivity index (χ4n) is 1.74. The molecule has 2 rings (SSSR count). The molecule has 0 spiro atoms. The number of hydrogen-bond acceptors (Lipinski definition) is 3. The lowest BCUT2D eigenvalue weighted by Crippen LogP contribution is -2.30. The van der Waals surface area contributed by atoms with E-state index in [-0.39, 0.29) is 0 Å². The summed E-state index contributed by atoms with van der Waals surface area (Å²) in [7, 11) is 0. The third-order valence-corrected chi connectivity index (χ3v) is 2.59. The van der Waals surface area contributed by atoms with Gasteiger partial charge in [-0.05, 0) is 11.6 Å². The number of rotatable bonds is 4. The predicted octanol–water partition coefficient (Wildman–Crippen LogP) is 2.02. The van der Waals surface area contributed by atoms with Gasteiger partial charge >= 0.3 is 0 Å². The summed E-state index contributed by atoms with van der Waals surface area (Å²) >= 11 is 0. The molecule has 0 fully saturated rings. The molecular formula is C13H19N3. The Hall–Kier alpha value is -1.32. The quantitative estimate of drug-likeness (QED) is 0.808. The van der Waals surface area contributed by atoms with Crippen molar-refractivity contribution in [1.82, 2.24) is 10.7 Å². The number of anilines is 1. The highest BCUT2D eigenvalue weighted by molar-refractivity contribution is 5.55. The molecule has 0 amide bonds. The molecule has 0 aromatic heterocycles. The Morgan fingerprint density at radius 2 is 2.19 bits per heavy atom. The Balaban J connectivity index is 2.13. The van der Waals surface area contributed by atoms with Crippen molar-refractivity contribution >= 4 is 5.69 Å². The van der Waals surface area contributed by atoms with Gasteiger partial charge in [-0.15, -0.1) is 0 Å². The molecule has 1 aliphatic rings. The average Bonchev–Trinajstić information content (AvgIpc) is 2.80. The molecular weight excluding hydrogens is 198 g/mol. The van der Waals surface area contributed by atoms with E-state index in [9.17, 15) is 0 Å². The number of nitrogens with zero attached hydrogens (tertiary/aromatic N) is 1. The fraction of sp³-hybridized carbons (Fsp3) is 0.385. The first kappa shape index (κ1) is 11.2. The topological polar surface area (TPSA) is 27.3 Å². The van der Waals surface area contributed by atoms with Gasteiger partial charge in [-0.3, -0.25) is 5.01 Å². The van der Waals surface area contributed by atoms with Gasteiger partial charge in [0, 0.05) is 25.3 Å². The molecule has 1 aromatic carbocycles. The van der Waals surface area contributed by atoms with Gasteiger partial charge in [-0.25, -0.2) is 5.43 Å². The number of nitrogens with one attached hydrogen (secondary N) is 2. The summed E-state index contributed by atoms with van der Waals surface area (Å²) < 4.78 is 0. The summed E-state index contributed by atoms with van der Waals surface area (Å²) in [6.07, 6.45) is 4.20. The molecule has 1 aromatic rings. The van der Waals surface area contributed by atoms with Crippen LogP contribution in [0.3, 0.4) is 0 Å². The van der Waals surface area contributed by atoms with Crippen molar-refractivity contribution in [2.75, 3.05) is 11.6 Å². The Morgan fingerprint density at radius 1 is 1.38 bits per heavy atom. The second-order valence-electron chi connectivity index (χ2n) is 4.28. The summed E-state index contributed by atoms with van der Waals surface area (Å²) in [4.78, 5) is 0. The third kappa shape index (κ3) is 2.62. The van der Waals surface area contributed by atoms with Crippen LogP contribution in [-0.4, -0.2) is 12.6 Å². The van der Waals surface area contributed by atoms with E-state index in [1.54, 1.807) is 0 Å². The summed E-state index contributed by atoms with van der Waals surface area (Å²) in [6.45, 7) is 6.14. The molecule has 1 heterocycles. The van der Waals surface area contributed by atoms with Crippen molar-refractivity contribution in [2.45, 2.75) is 26.4 Å². The fourth-order valence-corrected chi connectivity index (χ4v) is 1.74. The highest BCUT2D eigenvalue weighted by Gasteiger charge is 2.10. The summed E-state index contributed by atoms with van der Waals surface area (Å²) in [5, 5.41) is 5.53. The molecule has 0 atom stereocenters. The smallest absolute Gasteiger partial charge is 0.0615 e. The van der Waals surface area contributed by atoms with Crippen LogP contribution in [-0.2, 0) is 6.54 Å². The van der Waals surface area contributed by atoms with E-state index in [1.165, 1.54) is 11.3 Å². The lowest BCUT2D eigenvalue weighted by atomic mass is 10.1. The van der Waals surface area contributed by atoms with Crippen molar-refractivity contribution in [3.8, 4) is 0 Å². The lowest BCUT2D eigenvalue weighted by molar-refractivity contribution is 0.588. The zero-order valence-corrected chi connectivity index (χ0v) is 9.90. The van der Waals surface area contributed by atoms with Crippen molar-refractivity contribution < 1.29 is 0 Å². The van der Waals surface area contributed by atoms with Crippen molar-refractivity contribution in [2.24, 2.45) is 0 Å². The maximum atomic E-state index is 3.45. The molecule has 0 aliphatic carbocycles. The predicted molar refractivity (Wildman–Crippen MR) is 68.0 cm³/mol. The molecule has 2 N–H and O–H groups in total. The van der Waals surface area contributed by atoms with Gasteiger partial charge in [0.05, 0.1) is 5.69 Å². The van der Waals surface area contributed by atoms with Gasteiger partial charge in [0.2, 0.25) is 0 Å². The number of hydrogen-bond donors (Lipinski definition) is 2. The second kappa shape index (κ2) is 5.14. The lowest BCUT2D eigenvalue weighted by Gasteiger charge is -2.20.